The van der Waals surface area contributed by atoms with Gasteiger partial charge in [-0.1, -0.05) is 57.0 Å². The summed E-state index contributed by atoms with van der Waals surface area (Å²) in [5.41, 5.74) is 9.28. The van der Waals surface area contributed by atoms with Crippen molar-refractivity contribution < 1.29 is 51.4 Å². The van der Waals surface area contributed by atoms with Gasteiger partial charge in [0.1, 0.15) is 0 Å². The Morgan fingerprint density at radius 2 is 1.45 bits per heavy atom. The molecular formula is C18H18KN. The van der Waals surface area contributed by atoms with Crippen molar-refractivity contribution in [2.45, 2.75) is 27.7 Å². The molecule has 0 aliphatic rings. The van der Waals surface area contributed by atoms with E-state index in [1.54, 1.807) is 0 Å². The summed E-state index contributed by atoms with van der Waals surface area (Å²) < 4.78 is 0. The first-order valence-corrected chi connectivity index (χ1v) is 6.68. The van der Waals surface area contributed by atoms with Crippen LogP contribution in [0.15, 0.2) is 36.5 Å². The first-order valence-electron chi connectivity index (χ1n) is 6.68. The van der Waals surface area contributed by atoms with Gasteiger partial charge in [0.25, 0.3) is 0 Å². The molecule has 0 amide bonds. The number of hydrogen-bond acceptors (Lipinski definition) is 1. The second-order valence-electron chi connectivity index (χ2n) is 5.26. The number of rotatable bonds is 1. The van der Waals surface area contributed by atoms with Crippen LogP contribution in [-0.4, -0.2) is 4.98 Å². The molecule has 0 saturated carbocycles. The molecule has 0 saturated heterocycles. The Hall–Kier alpha value is -0.384. The first-order chi connectivity index (χ1) is 9.11. The fraction of sp³-hybridized carbons (Fsp3) is 0.222. The summed E-state index contributed by atoms with van der Waals surface area (Å²) in [5.74, 6) is 0. The molecule has 0 bridgehead atoms. The summed E-state index contributed by atoms with van der Waals surface area (Å²) in [7, 11) is 0. The van der Waals surface area contributed by atoms with Gasteiger partial charge in [0.15, 0.2) is 0 Å². The van der Waals surface area contributed by atoms with Gasteiger partial charge in [-0.25, -0.2) is 0 Å². The zero-order valence-electron chi connectivity index (χ0n) is 12.9. The van der Waals surface area contributed by atoms with E-state index in [1.807, 2.05) is 12.3 Å². The molecule has 0 aliphatic heterocycles. The predicted octanol–water partition coefficient (Wildman–Crippen LogP) is 1.86. The van der Waals surface area contributed by atoms with E-state index in [0.717, 1.165) is 5.52 Å². The maximum absolute atomic E-state index is 4.58. The molecule has 0 fully saturated rings. The van der Waals surface area contributed by atoms with E-state index in [0.29, 0.717) is 0 Å². The van der Waals surface area contributed by atoms with Crippen molar-refractivity contribution in [1.82, 2.24) is 4.98 Å². The van der Waals surface area contributed by atoms with Crippen molar-refractivity contribution in [3.8, 4) is 11.1 Å². The average molecular weight is 287 g/mol. The fourth-order valence-electron chi connectivity index (χ4n) is 2.93. The van der Waals surface area contributed by atoms with Crippen molar-refractivity contribution >= 4 is 10.9 Å². The van der Waals surface area contributed by atoms with Gasteiger partial charge in [-0.05, 0) is 11.5 Å². The van der Waals surface area contributed by atoms with Gasteiger partial charge in [0, 0.05) is 11.7 Å². The molecule has 2 heteroatoms. The molecule has 96 valence electrons. The number of pyridine rings is 1. The molecule has 2 aromatic carbocycles. The zero-order valence-corrected chi connectivity index (χ0v) is 16.0. The van der Waals surface area contributed by atoms with Gasteiger partial charge in [-0.15, -0.1) is 28.3 Å². The number of para-hydroxylation sites is 1. The smallest absolute Gasteiger partial charge is 0.294 e. The minimum Gasteiger partial charge on any atom is -0.294 e. The number of nitrogens with zero attached hydrogens (tertiary/aromatic N) is 1. The molecule has 0 N–H and O–H groups in total. The van der Waals surface area contributed by atoms with Crippen LogP contribution in [0.1, 0.15) is 22.3 Å². The third-order valence-electron chi connectivity index (χ3n) is 4.34. The molecule has 20 heavy (non-hydrogen) atoms. The van der Waals surface area contributed by atoms with Crippen LogP contribution in [0.3, 0.4) is 0 Å². The maximum Gasteiger partial charge on any atom is 1.00 e. The summed E-state index contributed by atoms with van der Waals surface area (Å²) in [6.07, 6.45) is 1.87. The average Bonchev–Trinajstić information content (AvgIpc) is 2.63. The van der Waals surface area contributed by atoms with Crippen molar-refractivity contribution in [1.29, 1.82) is 0 Å². The van der Waals surface area contributed by atoms with Crippen LogP contribution >= 0.6 is 0 Å². The third-order valence-corrected chi connectivity index (χ3v) is 4.34. The van der Waals surface area contributed by atoms with Crippen LogP contribution in [-0.2, 0) is 0 Å². The predicted molar refractivity (Wildman–Crippen MR) is 81.7 cm³/mol. The Morgan fingerprint density at radius 1 is 0.850 bits per heavy atom. The quantitative estimate of drug-likeness (QED) is 0.492. The van der Waals surface area contributed by atoms with E-state index in [9.17, 15) is 0 Å². The molecule has 0 spiro atoms. The van der Waals surface area contributed by atoms with Crippen LogP contribution < -0.4 is 51.4 Å². The van der Waals surface area contributed by atoms with Crippen LogP contribution in [0.5, 0.6) is 0 Å². The molecule has 0 aliphatic carbocycles. The van der Waals surface area contributed by atoms with Crippen molar-refractivity contribution in [3.05, 3.63) is 58.8 Å². The van der Waals surface area contributed by atoms with Gasteiger partial charge in [0.2, 0.25) is 0 Å². The van der Waals surface area contributed by atoms with Crippen LogP contribution in [0.25, 0.3) is 22.0 Å². The summed E-state index contributed by atoms with van der Waals surface area (Å²) >= 11 is 0. The fourth-order valence-corrected chi connectivity index (χ4v) is 2.93. The standard InChI is InChI=1S/C18H18N.K/c1-11-12(2)14(4)17(13(11)3)16-9-5-7-15-8-6-10-19-18(15)16;/h5-10H,1-4H3;/q-1;+1. The molecule has 3 aromatic rings. The number of hydrogen-bond donors (Lipinski definition) is 0. The molecule has 0 radical (unpaired) electrons. The van der Waals surface area contributed by atoms with Crippen LogP contribution in [0.4, 0.5) is 0 Å². The Morgan fingerprint density at radius 3 is 2.10 bits per heavy atom. The number of aromatic nitrogens is 1. The molecule has 1 heterocycles. The molecule has 1 aromatic heterocycles. The van der Waals surface area contributed by atoms with E-state index in [4.69, 9.17) is 0 Å². The van der Waals surface area contributed by atoms with Crippen LogP contribution in [0.2, 0.25) is 0 Å². The Kier molecular flexibility index (Phi) is 4.93. The van der Waals surface area contributed by atoms with Gasteiger partial charge in [-0.2, -0.15) is 0 Å². The normalized spacial score (nSPS) is 10.6. The van der Waals surface area contributed by atoms with Crippen molar-refractivity contribution in [2.75, 3.05) is 0 Å². The summed E-state index contributed by atoms with van der Waals surface area (Å²) in [4.78, 5) is 4.58. The van der Waals surface area contributed by atoms with E-state index in [2.05, 4.69) is 56.9 Å². The van der Waals surface area contributed by atoms with Gasteiger partial charge in [-0.3, -0.25) is 4.98 Å². The maximum atomic E-state index is 4.58. The van der Waals surface area contributed by atoms with Crippen LogP contribution in [0, 0.1) is 27.7 Å². The Balaban J connectivity index is 0.00000147. The summed E-state index contributed by atoms with van der Waals surface area (Å²) in [5, 5.41) is 1.20. The SMILES string of the molecule is Cc1c(C)c(C)[c-](-c2cccc3cccnc23)c1C.[K+]. The molecular weight excluding hydrogens is 269 g/mol. The molecule has 0 atom stereocenters. The second kappa shape index (κ2) is 6.16. The number of benzene rings is 1. The zero-order chi connectivity index (χ0) is 13.6. The largest absolute Gasteiger partial charge is 1.00 e. The van der Waals surface area contributed by atoms with E-state index in [-0.39, 0.29) is 51.4 Å². The number of fused-ring (bicyclic) bond motifs is 1. The van der Waals surface area contributed by atoms with Crippen molar-refractivity contribution in [3.63, 3.8) is 0 Å². The van der Waals surface area contributed by atoms with Gasteiger partial charge >= 0.3 is 51.4 Å². The summed E-state index contributed by atoms with van der Waals surface area (Å²) in [6.45, 7) is 8.85. The molecule has 3 rings (SSSR count). The Labute approximate surface area is 163 Å². The molecule has 0 unspecified atom stereocenters. The molecule has 1 nitrogen and oxygen atoms in total. The van der Waals surface area contributed by atoms with Gasteiger partial charge < -0.3 is 0 Å². The minimum absolute atomic E-state index is 0. The second-order valence-corrected chi connectivity index (χ2v) is 5.26. The third kappa shape index (κ3) is 2.44. The van der Waals surface area contributed by atoms with Crippen molar-refractivity contribution in [2.24, 2.45) is 0 Å². The Bertz CT molecular complexity index is 738. The monoisotopic (exact) mass is 287 g/mol. The van der Waals surface area contributed by atoms with E-state index in [1.165, 1.54) is 38.8 Å². The minimum atomic E-state index is 0. The summed E-state index contributed by atoms with van der Waals surface area (Å²) in [6, 6.07) is 10.5. The van der Waals surface area contributed by atoms with Gasteiger partial charge in [0.05, 0.1) is 0 Å². The topological polar surface area (TPSA) is 12.9 Å². The van der Waals surface area contributed by atoms with E-state index < -0.39 is 0 Å². The van der Waals surface area contributed by atoms with E-state index >= 15 is 0 Å². The first kappa shape index (κ1) is 16.0.